The van der Waals surface area contributed by atoms with Gasteiger partial charge in [0.2, 0.25) is 0 Å². The lowest BCUT2D eigenvalue weighted by atomic mass is 9.87. The van der Waals surface area contributed by atoms with Gasteiger partial charge in [0, 0.05) is 37.9 Å². The molecule has 0 amide bonds. The molecule has 2 heterocycles. The van der Waals surface area contributed by atoms with Gasteiger partial charge in [0.1, 0.15) is 0 Å². The van der Waals surface area contributed by atoms with Crippen LogP contribution in [0.5, 0.6) is 0 Å². The van der Waals surface area contributed by atoms with Gasteiger partial charge in [-0.1, -0.05) is 25.1 Å². The SMILES string of the molecule is CC1Cc2ccccc2N(C2(CN)CCN(C(C)C)C2)C1. The van der Waals surface area contributed by atoms with E-state index in [0.717, 1.165) is 19.6 Å². The zero-order valence-electron chi connectivity index (χ0n) is 13.7. The van der Waals surface area contributed by atoms with E-state index in [4.69, 9.17) is 5.73 Å². The van der Waals surface area contributed by atoms with Crippen molar-refractivity contribution in [3.05, 3.63) is 29.8 Å². The molecule has 0 spiro atoms. The second kappa shape index (κ2) is 5.62. The maximum atomic E-state index is 6.30. The van der Waals surface area contributed by atoms with Gasteiger partial charge in [0.15, 0.2) is 0 Å². The molecule has 2 N–H and O–H groups in total. The first-order chi connectivity index (χ1) is 10.1. The van der Waals surface area contributed by atoms with E-state index in [-0.39, 0.29) is 5.54 Å². The molecule has 0 saturated carbocycles. The van der Waals surface area contributed by atoms with Crippen molar-refractivity contribution in [3.8, 4) is 0 Å². The maximum Gasteiger partial charge on any atom is 0.0663 e. The average Bonchev–Trinajstić information content (AvgIpc) is 2.92. The van der Waals surface area contributed by atoms with Gasteiger partial charge >= 0.3 is 0 Å². The highest BCUT2D eigenvalue weighted by Gasteiger charge is 2.44. The third-order valence-electron chi connectivity index (χ3n) is 5.39. The largest absolute Gasteiger partial charge is 0.363 e. The highest BCUT2D eigenvalue weighted by molar-refractivity contribution is 5.58. The van der Waals surface area contributed by atoms with Crippen molar-refractivity contribution in [1.82, 2.24) is 4.90 Å². The summed E-state index contributed by atoms with van der Waals surface area (Å²) in [6.45, 7) is 11.1. The van der Waals surface area contributed by atoms with E-state index < -0.39 is 0 Å². The lowest BCUT2D eigenvalue weighted by molar-refractivity contribution is 0.250. The quantitative estimate of drug-likeness (QED) is 0.927. The molecule has 1 aromatic rings. The Kier molecular flexibility index (Phi) is 3.98. The molecule has 1 fully saturated rings. The molecular formula is C18H29N3. The molecule has 0 radical (unpaired) electrons. The molecule has 3 heteroatoms. The number of anilines is 1. The zero-order valence-corrected chi connectivity index (χ0v) is 13.7. The second-order valence-electron chi connectivity index (χ2n) is 7.29. The van der Waals surface area contributed by atoms with E-state index in [1.54, 1.807) is 0 Å². The molecule has 1 saturated heterocycles. The molecule has 1 aromatic carbocycles. The Morgan fingerprint density at radius 1 is 1.33 bits per heavy atom. The lowest BCUT2D eigenvalue weighted by Crippen LogP contribution is -2.59. The number of rotatable bonds is 3. The normalized spacial score (nSPS) is 30.0. The van der Waals surface area contributed by atoms with Crippen LogP contribution in [0.15, 0.2) is 24.3 Å². The van der Waals surface area contributed by atoms with E-state index >= 15 is 0 Å². The molecule has 3 rings (SSSR count). The van der Waals surface area contributed by atoms with Crippen LogP contribution >= 0.6 is 0 Å². The number of fused-ring (bicyclic) bond motifs is 1. The standard InChI is InChI=1S/C18H29N3/c1-14(2)20-9-8-18(12-19,13-20)21-11-15(3)10-16-6-4-5-7-17(16)21/h4-7,14-15H,8-13,19H2,1-3H3. The Bertz CT molecular complexity index is 499. The van der Waals surface area contributed by atoms with Crippen molar-refractivity contribution in [1.29, 1.82) is 0 Å². The first-order valence-corrected chi connectivity index (χ1v) is 8.35. The van der Waals surface area contributed by atoms with Crippen LogP contribution in [-0.4, -0.2) is 42.7 Å². The molecular weight excluding hydrogens is 258 g/mol. The summed E-state index contributed by atoms with van der Waals surface area (Å²) >= 11 is 0. The Balaban J connectivity index is 1.95. The second-order valence-corrected chi connectivity index (χ2v) is 7.29. The number of hydrogen-bond acceptors (Lipinski definition) is 3. The van der Waals surface area contributed by atoms with Gasteiger partial charge in [-0.25, -0.2) is 0 Å². The van der Waals surface area contributed by atoms with Gasteiger partial charge in [-0.3, -0.25) is 4.90 Å². The fourth-order valence-corrected chi connectivity index (χ4v) is 4.07. The van der Waals surface area contributed by atoms with Gasteiger partial charge in [0.05, 0.1) is 5.54 Å². The fraction of sp³-hybridized carbons (Fsp3) is 0.667. The number of nitrogens with two attached hydrogens (primary N) is 1. The van der Waals surface area contributed by atoms with E-state index in [2.05, 4.69) is 54.8 Å². The first-order valence-electron chi connectivity index (χ1n) is 8.35. The third kappa shape index (κ3) is 2.58. The molecule has 2 aliphatic heterocycles. The predicted molar refractivity (Wildman–Crippen MR) is 89.8 cm³/mol. The smallest absolute Gasteiger partial charge is 0.0663 e. The summed E-state index contributed by atoms with van der Waals surface area (Å²) in [7, 11) is 0. The molecule has 21 heavy (non-hydrogen) atoms. The van der Waals surface area contributed by atoms with Crippen LogP contribution in [0.4, 0.5) is 5.69 Å². The summed E-state index contributed by atoms with van der Waals surface area (Å²) in [5, 5.41) is 0. The minimum atomic E-state index is 0.120. The van der Waals surface area contributed by atoms with Crippen molar-refractivity contribution < 1.29 is 0 Å². The summed E-state index contributed by atoms with van der Waals surface area (Å²) in [6.07, 6.45) is 2.38. The Morgan fingerprint density at radius 2 is 2.10 bits per heavy atom. The fourth-order valence-electron chi connectivity index (χ4n) is 4.07. The highest BCUT2D eigenvalue weighted by Crippen LogP contribution is 2.38. The van der Waals surface area contributed by atoms with Crippen LogP contribution in [-0.2, 0) is 6.42 Å². The zero-order chi connectivity index (χ0) is 15.0. The van der Waals surface area contributed by atoms with Gasteiger partial charge < -0.3 is 10.6 Å². The van der Waals surface area contributed by atoms with Crippen molar-refractivity contribution in [2.75, 3.05) is 31.1 Å². The van der Waals surface area contributed by atoms with Gasteiger partial charge in [-0.05, 0) is 44.2 Å². The van der Waals surface area contributed by atoms with Gasteiger partial charge in [-0.15, -0.1) is 0 Å². The van der Waals surface area contributed by atoms with Crippen LogP contribution in [0.2, 0.25) is 0 Å². The highest BCUT2D eigenvalue weighted by atomic mass is 15.3. The van der Waals surface area contributed by atoms with Gasteiger partial charge in [0.25, 0.3) is 0 Å². The average molecular weight is 287 g/mol. The molecule has 0 aliphatic carbocycles. The summed E-state index contributed by atoms with van der Waals surface area (Å²) in [5.74, 6) is 0.705. The number of nitrogens with zero attached hydrogens (tertiary/aromatic N) is 2. The summed E-state index contributed by atoms with van der Waals surface area (Å²) in [6, 6.07) is 9.52. The third-order valence-corrected chi connectivity index (χ3v) is 5.39. The number of hydrogen-bond donors (Lipinski definition) is 1. The van der Waals surface area contributed by atoms with Crippen molar-refractivity contribution in [3.63, 3.8) is 0 Å². The minimum absolute atomic E-state index is 0.120. The van der Waals surface area contributed by atoms with Crippen molar-refractivity contribution in [2.24, 2.45) is 11.7 Å². The topological polar surface area (TPSA) is 32.5 Å². The molecule has 0 bridgehead atoms. The predicted octanol–water partition coefficient (Wildman–Crippen LogP) is 2.50. The van der Waals surface area contributed by atoms with Crippen LogP contribution in [0.25, 0.3) is 0 Å². The number of para-hydroxylation sites is 1. The van der Waals surface area contributed by atoms with E-state index in [9.17, 15) is 0 Å². The Morgan fingerprint density at radius 3 is 2.76 bits per heavy atom. The van der Waals surface area contributed by atoms with E-state index in [1.165, 1.54) is 30.6 Å². The minimum Gasteiger partial charge on any atom is -0.363 e. The number of likely N-dealkylation sites (tertiary alicyclic amines) is 1. The molecule has 116 valence electrons. The van der Waals surface area contributed by atoms with Crippen LogP contribution < -0.4 is 10.6 Å². The maximum absolute atomic E-state index is 6.30. The first kappa shape index (κ1) is 14.9. The van der Waals surface area contributed by atoms with Crippen molar-refractivity contribution in [2.45, 2.75) is 45.2 Å². The van der Waals surface area contributed by atoms with E-state index in [0.29, 0.717) is 12.0 Å². The molecule has 0 aromatic heterocycles. The molecule has 3 nitrogen and oxygen atoms in total. The van der Waals surface area contributed by atoms with E-state index in [1.807, 2.05) is 0 Å². The Labute approximate surface area is 129 Å². The van der Waals surface area contributed by atoms with Crippen LogP contribution in [0.3, 0.4) is 0 Å². The monoisotopic (exact) mass is 287 g/mol. The van der Waals surface area contributed by atoms with Crippen molar-refractivity contribution >= 4 is 5.69 Å². The molecule has 2 aliphatic rings. The molecule has 2 unspecified atom stereocenters. The van der Waals surface area contributed by atoms with Crippen LogP contribution in [0, 0.1) is 5.92 Å². The lowest BCUT2D eigenvalue weighted by Gasteiger charge is -2.47. The molecule has 2 atom stereocenters. The Hall–Kier alpha value is -1.06. The van der Waals surface area contributed by atoms with Crippen LogP contribution in [0.1, 0.15) is 32.8 Å². The summed E-state index contributed by atoms with van der Waals surface area (Å²) in [5.41, 5.74) is 9.33. The summed E-state index contributed by atoms with van der Waals surface area (Å²) in [4.78, 5) is 5.22. The van der Waals surface area contributed by atoms with Gasteiger partial charge in [-0.2, -0.15) is 0 Å². The summed E-state index contributed by atoms with van der Waals surface area (Å²) < 4.78 is 0. The number of benzene rings is 1.